The molecule has 21 heavy (non-hydrogen) atoms. The molecule has 0 spiro atoms. The normalized spacial score (nSPS) is 10.5. The topological polar surface area (TPSA) is 34.2 Å². The van der Waals surface area contributed by atoms with Crippen molar-refractivity contribution in [3.8, 4) is 5.75 Å². The minimum absolute atomic E-state index is 0.449. The van der Waals surface area contributed by atoms with Crippen LogP contribution in [-0.2, 0) is 6.61 Å². The maximum absolute atomic E-state index is 6.03. The molecule has 1 aromatic carbocycles. The molecule has 0 aliphatic rings. The van der Waals surface area contributed by atoms with Gasteiger partial charge in [0, 0.05) is 23.5 Å². The molecule has 0 saturated heterocycles. The van der Waals surface area contributed by atoms with Crippen molar-refractivity contribution in [2.75, 3.05) is 11.9 Å². The Morgan fingerprint density at radius 3 is 2.57 bits per heavy atom. The summed E-state index contributed by atoms with van der Waals surface area (Å²) in [6.07, 6.45) is 2.90. The molecule has 1 heterocycles. The summed E-state index contributed by atoms with van der Waals surface area (Å²) in [4.78, 5) is 4.35. The van der Waals surface area contributed by atoms with Gasteiger partial charge in [0.1, 0.15) is 12.4 Å². The smallest absolute Gasteiger partial charge is 0.130 e. The number of nitrogens with zero attached hydrogens (tertiary/aromatic N) is 1. The third kappa shape index (κ3) is 4.36. The van der Waals surface area contributed by atoms with Crippen LogP contribution < -0.4 is 10.1 Å². The maximum atomic E-state index is 6.03. The van der Waals surface area contributed by atoms with Gasteiger partial charge in [0.05, 0.1) is 5.69 Å². The highest BCUT2D eigenvalue weighted by molar-refractivity contribution is 6.30. The summed E-state index contributed by atoms with van der Waals surface area (Å²) in [5, 5.41) is 4.09. The number of halogens is 1. The first kappa shape index (κ1) is 15.6. The van der Waals surface area contributed by atoms with E-state index in [1.807, 2.05) is 38.1 Å². The van der Waals surface area contributed by atoms with Crippen LogP contribution >= 0.6 is 11.6 Å². The van der Waals surface area contributed by atoms with Crippen molar-refractivity contribution in [3.63, 3.8) is 0 Å². The average Bonchev–Trinajstić information content (AvgIpc) is 2.44. The predicted molar refractivity (Wildman–Crippen MR) is 88.3 cm³/mol. The Balaban J connectivity index is 2.06. The summed E-state index contributed by atoms with van der Waals surface area (Å²) in [6.45, 7) is 7.55. The van der Waals surface area contributed by atoms with E-state index in [2.05, 4.69) is 17.2 Å². The van der Waals surface area contributed by atoms with Crippen LogP contribution in [0.15, 0.2) is 30.5 Å². The highest BCUT2D eigenvalue weighted by Crippen LogP contribution is 2.27. The van der Waals surface area contributed by atoms with E-state index in [9.17, 15) is 0 Å². The molecule has 112 valence electrons. The van der Waals surface area contributed by atoms with Gasteiger partial charge in [-0.15, -0.1) is 0 Å². The van der Waals surface area contributed by atoms with E-state index in [1.165, 1.54) is 0 Å². The van der Waals surface area contributed by atoms with E-state index in [-0.39, 0.29) is 0 Å². The van der Waals surface area contributed by atoms with Crippen molar-refractivity contribution < 1.29 is 4.74 Å². The lowest BCUT2D eigenvalue weighted by Gasteiger charge is -2.13. The fraction of sp³-hybridized carbons (Fsp3) is 0.353. The molecular formula is C17H21ClN2O. The Labute approximate surface area is 131 Å². The molecule has 1 N–H and O–H groups in total. The minimum atomic E-state index is 0.449. The number of nitrogens with one attached hydrogen (secondary N) is 1. The predicted octanol–water partition coefficient (Wildman–Crippen LogP) is 4.75. The second kappa shape index (κ2) is 7.32. The number of hydrogen-bond acceptors (Lipinski definition) is 3. The highest BCUT2D eigenvalue weighted by Gasteiger charge is 2.07. The number of aromatic nitrogens is 1. The minimum Gasteiger partial charge on any atom is -0.487 e. The number of anilines is 1. The van der Waals surface area contributed by atoms with Crippen molar-refractivity contribution in [1.29, 1.82) is 0 Å². The third-order valence-electron chi connectivity index (χ3n) is 3.19. The third-order valence-corrected chi connectivity index (χ3v) is 3.40. The van der Waals surface area contributed by atoms with Gasteiger partial charge < -0.3 is 10.1 Å². The number of hydrogen-bond donors (Lipinski definition) is 1. The zero-order chi connectivity index (χ0) is 15.2. The van der Waals surface area contributed by atoms with Gasteiger partial charge in [-0.3, -0.25) is 4.98 Å². The molecular weight excluding hydrogens is 284 g/mol. The summed E-state index contributed by atoms with van der Waals surface area (Å²) in [5.74, 6) is 0.883. The van der Waals surface area contributed by atoms with Crippen molar-refractivity contribution >= 4 is 17.3 Å². The molecule has 2 rings (SSSR count). The van der Waals surface area contributed by atoms with E-state index in [4.69, 9.17) is 16.3 Å². The van der Waals surface area contributed by atoms with E-state index >= 15 is 0 Å². The van der Waals surface area contributed by atoms with Crippen molar-refractivity contribution in [3.05, 3.63) is 52.3 Å². The van der Waals surface area contributed by atoms with Gasteiger partial charge in [-0.1, -0.05) is 18.5 Å². The van der Waals surface area contributed by atoms with E-state index in [0.717, 1.165) is 46.2 Å². The monoisotopic (exact) mass is 304 g/mol. The van der Waals surface area contributed by atoms with Gasteiger partial charge in [-0.25, -0.2) is 0 Å². The van der Waals surface area contributed by atoms with Gasteiger partial charge in [0.15, 0.2) is 0 Å². The van der Waals surface area contributed by atoms with Crippen molar-refractivity contribution in [2.24, 2.45) is 0 Å². The van der Waals surface area contributed by atoms with Crippen molar-refractivity contribution in [2.45, 2.75) is 33.8 Å². The first-order valence-corrected chi connectivity index (χ1v) is 7.56. The molecule has 1 aromatic heterocycles. The Morgan fingerprint density at radius 1 is 1.19 bits per heavy atom. The Bertz CT molecular complexity index is 590. The second-order valence-electron chi connectivity index (χ2n) is 5.12. The van der Waals surface area contributed by atoms with Crippen LogP contribution in [0.25, 0.3) is 0 Å². The van der Waals surface area contributed by atoms with Crippen LogP contribution in [-0.4, -0.2) is 11.5 Å². The molecule has 0 unspecified atom stereocenters. The SMILES string of the molecule is CCCNc1ccnc(COc2c(C)cc(Cl)cc2C)c1. The van der Waals surface area contributed by atoms with E-state index < -0.39 is 0 Å². The summed E-state index contributed by atoms with van der Waals surface area (Å²) < 4.78 is 5.92. The van der Waals surface area contributed by atoms with Crippen LogP contribution in [0.3, 0.4) is 0 Å². The van der Waals surface area contributed by atoms with Crippen LogP contribution in [0.1, 0.15) is 30.2 Å². The first-order valence-electron chi connectivity index (χ1n) is 7.18. The van der Waals surface area contributed by atoms with Gasteiger partial charge in [-0.05, 0) is 55.7 Å². The number of rotatable bonds is 6. The lowest BCUT2D eigenvalue weighted by atomic mass is 10.1. The van der Waals surface area contributed by atoms with Gasteiger partial charge in [-0.2, -0.15) is 0 Å². The molecule has 0 saturated carbocycles. The lowest BCUT2D eigenvalue weighted by molar-refractivity contribution is 0.297. The Hall–Kier alpha value is -1.74. The molecule has 0 bridgehead atoms. The molecule has 0 radical (unpaired) electrons. The number of benzene rings is 1. The second-order valence-corrected chi connectivity index (χ2v) is 5.56. The quantitative estimate of drug-likeness (QED) is 0.836. The fourth-order valence-electron chi connectivity index (χ4n) is 2.21. The molecule has 0 fully saturated rings. The highest BCUT2D eigenvalue weighted by atomic mass is 35.5. The summed E-state index contributed by atoms with van der Waals surface area (Å²) >= 11 is 6.03. The first-order chi connectivity index (χ1) is 10.1. The summed E-state index contributed by atoms with van der Waals surface area (Å²) in [6, 6.07) is 7.82. The average molecular weight is 305 g/mol. The molecule has 0 aliphatic carbocycles. The molecule has 0 amide bonds. The summed E-state index contributed by atoms with van der Waals surface area (Å²) in [7, 11) is 0. The molecule has 3 nitrogen and oxygen atoms in total. The van der Waals surface area contributed by atoms with E-state index in [1.54, 1.807) is 6.20 Å². The van der Waals surface area contributed by atoms with Gasteiger partial charge in [0.25, 0.3) is 0 Å². The maximum Gasteiger partial charge on any atom is 0.130 e. The fourth-order valence-corrected chi connectivity index (χ4v) is 2.53. The Morgan fingerprint density at radius 2 is 1.90 bits per heavy atom. The number of pyridine rings is 1. The number of ether oxygens (including phenoxy) is 1. The van der Waals surface area contributed by atoms with Crippen LogP contribution in [0.2, 0.25) is 5.02 Å². The van der Waals surface area contributed by atoms with Crippen LogP contribution in [0, 0.1) is 13.8 Å². The molecule has 0 atom stereocenters. The standard InChI is InChI=1S/C17H21ClN2O/c1-4-6-19-15-5-7-20-16(10-15)11-21-17-12(2)8-14(18)9-13(17)3/h5,7-10H,4,6,11H2,1-3H3,(H,19,20). The molecule has 0 aliphatic heterocycles. The van der Waals surface area contributed by atoms with Crippen LogP contribution in [0.5, 0.6) is 5.75 Å². The lowest BCUT2D eigenvalue weighted by Crippen LogP contribution is -2.04. The van der Waals surface area contributed by atoms with Gasteiger partial charge in [0.2, 0.25) is 0 Å². The van der Waals surface area contributed by atoms with Crippen molar-refractivity contribution in [1.82, 2.24) is 4.98 Å². The number of aryl methyl sites for hydroxylation is 2. The Kier molecular flexibility index (Phi) is 5.45. The van der Waals surface area contributed by atoms with E-state index in [0.29, 0.717) is 6.61 Å². The summed E-state index contributed by atoms with van der Waals surface area (Å²) in [5.41, 5.74) is 4.07. The zero-order valence-corrected chi connectivity index (χ0v) is 13.5. The molecule has 4 heteroatoms. The van der Waals surface area contributed by atoms with Gasteiger partial charge >= 0.3 is 0 Å². The largest absolute Gasteiger partial charge is 0.487 e. The zero-order valence-electron chi connectivity index (χ0n) is 12.7. The molecule has 2 aromatic rings. The van der Waals surface area contributed by atoms with Crippen LogP contribution in [0.4, 0.5) is 5.69 Å².